The molecule has 0 unspecified atom stereocenters. The third kappa shape index (κ3) is 3.38. The summed E-state index contributed by atoms with van der Waals surface area (Å²) < 4.78 is 27.8. The number of anilines is 2. The van der Waals surface area contributed by atoms with E-state index in [2.05, 4.69) is 23.1 Å². The molecule has 4 nitrogen and oxygen atoms in total. The van der Waals surface area contributed by atoms with Crippen LogP contribution < -0.4 is 9.21 Å². The molecule has 132 valence electrons. The lowest BCUT2D eigenvalue weighted by Gasteiger charge is -2.32. The van der Waals surface area contributed by atoms with E-state index in [1.165, 1.54) is 12.8 Å². The Labute approximate surface area is 150 Å². The minimum atomic E-state index is -3.38. The van der Waals surface area contributed by atoms with Gasteiger partial charge in [0.15, 0.2) is 0 Å². The summed E-state index contributed by atoms with van der Waals surface area (Å²) in [4.78, 5) is 2.36. The lowest BCUT2D eigenvalue weighted by Crippen LogP contribution is -2.36. The van der Waals surface area contributed by atoms with Gasteiger partial charge in [0.1, 0.15) is 0 Å². The number of hydrogen-bond acceptors (Lipinski definition) is 3. The summed E-state index contributed by atoms with van der Waals surface area (Å²) in [6, 6.07) is 15.8. The smallest absolute Gasteiger partial charge is 0.239 e. The maximum atomic E-state index is 13.1. The lowest BCUT2D eigenvalue weighted by atomic mass is 10.0. The fourth-order valence-electron chi connectivity index (χ4n) is 3.85. The molecule has 0 atom stereocenters. The van der Waals surface area contributed by atoms with Gasteiger partial charge in [-0.25, -0.2) is 8.42 Å². The van der Waals surface area contributed by atoms with Crippen LogP contribution in [0.4, 0.5) is 11.4 Å². The first-order valence-corrected chi connectivity index (χ1v) is 10.7. The van der Waals surface area contributed by atoms with Crippen molar-refractivity contribution in [1.82, 2.24) is 0 Å². The van der Waals surface area contributed by atoms with Crippen LogP contribution in [0.1, 0.15) is 30.4 Å². The second-order valence-corrected chi connectivity index (χ2v) is 8.82. The summed E-state index contributed by atoms with van der Waals surface area (Å²) in [6.07, 6.45) is 4.26. The maximum absolute atomic E-state index is 13.1. The van der Waals surface area contributed by atoms with E-state index < -0.39 is 10.0 Å². The molecule has 2 aliphatic heterocycles. The molecule has 1 fully saturated rings. The van der Waals surface area contributed by atoms with E-state index >= 15 is 0 Å². The first-order valence-electron chi connectivity index (χ1n) is 9.06. The molecule has 2 aromatic rings. The Balaban J connectivity index is 1.66. The van der Waals surface area contributed by atoms with Crippen LogP contribution in [-0.2, 0) is 22.2 Å². The first-order chi connectivity index (χ1) is 12.1. The van der Waals surface area contributed by atoms with Gasteiger partial charge in [0.05, 0.1) is 11.4 Å². The molecule has 2 heterocycles. The summed E-state index contributed by atoms with van der Waals surface area (Å²) in [5.74, 6) is 0.0568. The van der Waals surface area contributed by atoms with Gasteiger partial charge in [0, 0.05) is 25.3 Å². The van der Waals surface area contributed by atoms with Crippen molar-refractivity contribution < 1.29 is 8.42 Å². The highest BCUT2D eigenvalue weighted by Gasteiger charge is 2.28. The Morgan fingerprint density at radius 3 is 2.40 bits per heavy atom. The number of aryl methyl sites for hydroxylation is 1. The molecule has 0 aromatic heterocycles. The highest BCUT2D eigenvalue weighted by Crippen LogP contribution is 2.34. The van der Waals surface area contributed by atoms with E-state index in [1.807, 2.05) is 30.3 Å². The van der Waals surface area contributed by atoms with Crippen molar-refractivity contribution in [3.8, 4) is 0 Å². The molecule has 0 bridgehead atoms. The van der Waals surface area contributed by atoms with Crippen LogP contribution in [0.25, 0.3) is 0 Å². The van der Waals surface area contributed by atoms with Crippen LogP contribution in [0.15, 0.2) is 48.5 Å². The van der Waals surface area contributed by atoms with Gasteiger partial charge in [-0.1, -0.05) is 36.4 Å². The normalized spacial score (nSPS) is 17.6. The van der Waals surface area contributed by atoms with Gasteiger partial charge in [-0.3, -0.25) is 4.31 Å². The molecule has 0 N–H and O–H groups in total. The monoisotopic (exact) mass is 356 g/mol. The molecule has 2 aliphatic rings. The lowest BCUT2D eigenvalue weighted by molar-refractivity contribution is 0.586. The van der Waals surface area contributed by atoms with Crippen molar-refractivity contribution in [2.24, 2.45) is 0 Å². The Morgan fingerprint density at radius 2 is 1.64 bits per heavy atom. The SMILES string of the molecule is O=S(=O)(Cc1ccccc1)N1CCCc2ccc(N3CCCC3)cc21. The van der Waals surface area contributed by atoms with Crippen LogP contribution in [0.5, 0.6) is 0 Å². The van der Waals surface area contributed by atoms with Crippen LogP contribution in [0.2, 0.25) is 0 Å². The number of rotatable bonds is 4. The summed E-state index contributed by atoms with van der Waals surface area (Å²) in [6.45, 7) is 2.71. The molecule has 5 heteroatoms. The number of benzene rings is 2. The minimum Gasteiger partial charge on any atom is -0.371 e. The van der Waals surface area contributed by atoms with Crippen LogP contribution in [0.3, 0.4) is 0 Å². The second kappa shape index (κ2) is 6.71. The topological polar surface area (TPSA) is 40.6 Å². The van der Waals surface area contributed by atoms with E-state index in [4.69, 9.17) is 0 Å². The largest absolute Gasteiger partial charge is 0.371 e. The van der Waals surface area contributed by atoms with Crippen molar-refractivity contribution in [3.05, 3.63) is 59.7 Å². The van der Waals surface area contributed by atoms with Crippen molar-refractivity contribution in [2.45, 2.75) is 31.4 Å². The summed E-state index contributed by atoms with van der Waals surface area (Å²) >= 11 is 0. The van der Waals surface area contributed by atoms with Gasteiger partial charge >= 0.3 is 0 Å². The molecule has 0 spiro atoms. The molecule has 25 heavy (non-hydrogen) atoms. The molecule has 2 aromatic carbocycles. The Morgan fingerprint density at radius 1 is 0.880 bits per heavy atom. The van der Waals surface area contributed by atoms with Crippen LogP contribution in [0, 0.1) is 0 Å². The van der Waals surface area contributed by atoms with Gasteiger partial charge in [0.2, 0.25) is 10.0 Å². The highest BCUT2D eigenvalue weighted by molar-refractivity contribution is 7.92. The predicted octanol–water partition coefficient (Wildman–Crippen LogP) is 3.57. The molecule has 4 rings (SSSR count). The van der Waals surface area contributed by atoms with Crippen molar-refractivity contribution in [2.75, 3.05) is 28.8 Å². The standard InChI is InChI=1S/C20H24N2O2S/c23-25(24,16-17-7-2-1-3-8-17)22-14-6-9-18-10-11-19(15-20(18)22)21-12-4-5-13-21/h1-3,7-8,10-11,15H,4-6,9,12-14,16H2. The summed E-state index contributed by atoms with van der Waals surface area (Å²) in [5, 5.41) is 0. The number of fused-ring (bicyclic) bond motifs is 1. The van der Waals surface area contributed by atoms with E-state index in [0.717, 1.165) is 48.4 Å². The minimum absolute atomic E-state index is 0.0568. The molecular weight excluding hydrogens is 332 g/mol. The van der Waals surface area contributed by atoms with Gasteiger partial charge in [-0.15, -0.1) is 0 Å². The average molecular weight is 356 g/mol. The first kappa shape index (κ1) is 16.5. The maximum Gasteiger partial charge on any atom is 0.239 e. The molecule has 0 amide bonds. The molecule has 0 saturated carbocycles. The zero-order valence-corrected chi connectivity index (χ0v) is 15.2. The van der Waals surface area contributed by atoms with Gasteiger partial charge < -0.3 is 4.90 Å². The zero-order valence-electron chi connectivity index (χ0n) is 14.4. The Bertz CT molecular complexity index is 843. The Kier molecular flexibility index (Phi) is 4.42. The molecule has 0 radical (unpaired) electrons. The van der Waals surface area contributed by atoms with Crippen LogP contribution >= 0.6 is 0 Å². The van der Waals surface area contributed by atoms with E-state index in [0.29, 0.717) is 6.54 Å². The number of hydrogen-bond donors (Lipinski definition) is 0. The van der Waals surface area contributed by atoms with Crippen LogP contribution in [-0.4, -0.2) is 28.1 Å². The third-order valence-electron chi connectivity index (χ3n) is 5.14. The zero-order chi connectivity index (χ0) is 17.3. The van der Waals surface area contributed by atoms with Crippen molar-refractivity contribution in [1.29, 1.82) is 0 Å². The van der Waals surface area contributed by atoms with E-state index in [9.17, 15) is 8.42 Å². The van der Waals surface area contributed by atoms with Gasteiger partial charge in [-0.05, 0) is 48.9 Å². The fraction of sp³-hybridized carbons (Fsp3) is 0.400. The second-order valence-electron chi connectivity index (χ2n) is 6.92. The average Bonchev–Trinajstić information content (AvgIpc) is 3.16. The third-order valence-corrected chi connectivity index (χ3v) is 6.89. The highest BCUT2D eigenvalue weighted by atomic mass is 32.2. The molecule has 1 saturated heterocycles. The van der Waals surface area contributed by atoms with Gasteiger partial charge in [-0.2, -0.15) is 0 Å². The van der Waals surface area contributed by atoms with E-state index in [1.54, 1.807) is 4.31 Å². The Hall–Kier alpha value is -2.01. The molecular formula is C20H24N2O2S. The number of sulfonamides is 1. The van der Waals surface area contributed by atoms with Gasteiger partial charge in [0.25, 0.3) is 0 Å². The summed E-state index contributed by atoms with van der Waals surface area (Å²) in [5.41, 5.74) is 4.01. The van der Waals surface area contributed by atoms with E-state index in [-0.39, 0.29) is 5.75 Å². The van der Waals surface area contributed by atoms with Crippen molar-refractivity contribution in [3.63, 3.8) is 0 Å². The van der Waals surface area contributed by atoms with Crippen molar-refractivity contribution >= 4 is 21.4 Å². The quantitative estimate of drug-likeness (QED) is 0.841. The molecule has 0 aliphatic carbocycles. The fourth-order valence-corrected chi connectivity index (χ4v) is 5.50. The summed E-state index contributed by atoms with van der Waals surface area (Å²) in [7, 11) is -3.38. The number of nitrogens with zero attached hydrogens (tertiary/aromatic N) is 2. The predicted molar refractivity (Wildman–Crippen MR) is 103 cm³/mol.